The lowest BCUT2D eigenvalue weighted by molar-refractivity contribution is -0.134. The average Bonchev–Trinajstić information content (AvgIpc) is 2.81. The molecule has 0 saturated carbocycles. The monoisotopic (exact) mass is 342 g/mol. The maximum atomic E-state index is 12.6. The van der Waals surface area contributed by atoms with Gasteiger partial charge in [0, 0.05) is 24.8 Å². The second kappa shape index (κ2) is 7.00. The number of aromatic nitrogens is 2. The molecule has 2 N–H and O–H groups in total. The van der Waals surface area contributed by atoms with Crippen LogP contribution in [0, 0.1) is 26.2 Å². The average molecular weight is 342 g/mol. The molecule has 5 nitrogen and oxygen atoms in total. The minimum absolute atomic E-state index is 0.0464. The molecule has 2 aromatic rings. The van der Waals surface area contributed by atoms with Crippen molar-refractivity contribution in [1.29, 1.82) is 0 Å². The van der Waals surface area contributed by atoms with E-state index in [4.69, 9.17) is 10.8 Å². The number of nitrogens with zero attached hydrogens (tertiary/aromatic N) is 3. The van der Waals surface area contributed by atoms with Crippen LogP contribution in [0.5, 0.6) is 0 Å². The summed E-state index contributed by atoms with van der Waals surface area (Å²) in [5, 5.41) is 4.69. The number of nitrogens with two attached hydrogens (primary N) is 1. The number of hydrogen-bond acceptors (Lipinski definition) is 3. The highest BCUT2D eigenvalue weighted by molar-refractivity contribution is 5.82. The van der Waals surface area contributed by atoms with Gasteiger partial charge in [-0.1, -0.05) is 39.0 Å². The van der Waals surface area contributed by atoms with E-state index in [1.807, 2.05) is 51.4 Å². The fraction of sp³-hybridized carbons (Fsp3) is 0.500. The summed E-state index contributed by atoms with van der Waals surface area (Å²) >= 11 is 0. The molecule has 136 valence electrons. The van der Waals surface area contributed by atoms with Crippen molar-refractivity contribution in [2.45, 2.75) is 54.1 Å². The molecule has 0 radical (unpaired) electrons. The summed E-state index contributed by atoms with van der Waals surface area (Å²) in [7, 11) is 1.80. The van der Waals surface area contributed by atoms with E-state index >= 15 is 0 Å². The number of amides is 1. The number of carbonyl (C=O) groups excluding carboxylic acids is 1. The molecule has 0 spiro atoms. The molecular formula is C20H30N4O. The van der Waals surface area contributed by atoms with Gasteiger partial charge in [0.1, 0.15) is 0 Å². The van der Waals surface area contributed by atoms with Gasteiger partial charge in [0.25, 0.3) is 0 Å². The van der Waals surface area contributed by atoms with E-state index in [0.29, 0.717) is 6.54 Å². The highest BCUT2D eigenvalue weighted by Gasteiger charge is 2.30. The van der Waals surface area contributed by atoms with E-state index in [-0.39, 0.29) is 11.3 Å². The molecule has 0 aliphatic carbocycles. The van der Waals surface area contributed by atoms with E-state index in [0.717, 1.165) is 22.6 Å². The van der Waals surface area contributed by atoms with Gasteiger partial charge in [-0.2, -0.15) is 5.10 Å². The van der Waals surface area contributed by atoms with Crippen molar-refractivity contribution in [3.05, 3.63) is 46.8 Å². The van der Waals surface area contributed by atoms with Crippen LogP contribution in [0.25, 0.3) is 5.69 Å². The zero-order valence-electron chi connectivity index (χ0n) is 16.4. The summed E-state index contributed by atoms with van der Waals surface area (Å²) in [5.74, 6) is -0.0464. The number of aryl methyl sites for hydroxylation is 2. The lowest BCUT2D eigenvalue weighted by Gasteiger charge is -2.30. The van der Waals surface area contributed by atoms with Crippen molar-refractivity contribution >= 4 is 5.91 Å². The van der Waals surface area contributed by atoms with Gasteiger partial charge in [-0.3, -0.25) is 4.79 Å². The van der Waals surface area contributed by atoms with Gasteiger partial charge >= 0.3 is 0 Å². The number of carbonyl (C=O) groups is 1. The summed E-state index contributed by atoms with van der Waals surface area (Å²) < 4.78 is 1.96. The Labute approximate surface area is 150 Å². The van der Waals surface area contributed by atoms with Crippen molar-refractivity contribution < 1.29 is 4.79 Å². The quantitative estimate of drug-likeness (QED) is 0.928. The first-order valence-corrected chi connectivity index (χ1v) is 8.65. The Kier molecular flexibility index (Phi) is 5.37. The van der Waals surface area contributed by atoms with E-state index < -0.39 is 6.04 Å². The van der Waals surface area contributed by atoms with Gasteiger partial charge in [-0.25, -0.2) is 4.68 Å². The highest BCUT2D eigenvalue weighted by Crippen LogP contribution is 2.23. The zero-order chi connectivity index (χ0) is 18.9. The van der Waals surface area contributed by atoms with Crippen LogP contribution < -0.4 is 5.73 Å². The Morgan fingerprint density at radius 2 is 1.84 bits per heavy atom. The van der Waals surface area contributed by atoms with Crippen molar-refractivity contribution in [3.63, 3.8) is 0 Å². The van der Waals surface area contributed by atoms with Crippen LogP contribution in [0.4, 0.5) is 0 Å². The third kappa shape index (κ3) is 3.93. The molecule has 2 rings (SSSR count). The van der Waals surface area contributed by atoms with Crippen LogP contribution in [-0.2, 0) is 11.3 Å². The van der Waals surface area contributed by atoms with Crippen LogP contribution in [0.2, 0.25) is 0 Å². The standard InChI is InChI=1S/C20H30N4O/c1-13-10-8-9-11-17(13)24-15(3)16(14(2)22-24)12-23(7)19(25)18(21)20(4,5)6/h8-11,18H,12,21H2,1-7H3/t18-/m1/s1. The Balaban J connectivity index is 2.30. The molecule has 0 aliphatic heterocycles. The molecule has 1 atom stereocenters. The largest absolute Gasteiger partial charge is 0.340 e. The predicted molar refractivity (Wildman–Crippen MR) is 102 cm³/mol. The second-order valence-corrected chi connectivity index (χ2v) is 7.89. The molecule has 0 fully saturated rings. The Morgan fingerprint density at radius 3 is 2.40 bits per heavy atom. The molecule has 0 unspecified atom stereocenters. The summed E-state index contributed by atoms with van der Waals surface area (Å²) in [5.41, 5.74) is 11.2. The minimum atomic E-state index is -0.524. The fourth-order valence-corrected chi connectivity index (χ4v) is 2.86. The van der Waals surface area contributed by atoms with Crippen molar-refractivity contribution in [1.82, 2.24) is 14.7 Å². The molecule has 0 aliphatic rings. The summed E-state index contributed by atoms with van der Waals surface area (Å²) in [6.07, 6.45) is 0. The Morgan fingerprint density at radius 1 is 1.24 bits per heavy atom. The molecule has 1 aromatic heterocycles. The summed E-state index contributed by atoms with van der Waals surface area (Å²) in [6, 6.07) is 7.64. The zero-order valence-corrected chi connectivity index (χ0v) is 16.4. The maximum absolute atomic E-state index is 12.6. The van der Waals surface area contributed by atoms with Crippen LogP contribution in [0.15, 0.2) is 24.3 Å². The first kappa shape index (κ1) is 19.2. The maximum Gasteiger partial charge on any atom is 0.240 e. The first-order chi connectivity index (χ1) is 11.5. The second-order valence-electron chi connectivity index (χ2n) is 7.89. The molecule has 25 heavy (non-hydrogen) atoms. The van der Waals surface area contributed by atoms with E-state index in [2.05, 4.69) is 19.1 Å². The third-order valence-electron chi connectivity index (χ3n) is 4.76. The Hall–Kier alpha value is -2.14. The highest BCUT2D eigenvalue weighted by atomic mass is 16.2. The van der Waals surface area contributed by atoms with E-state index in [1.54, 1.807) is 11.9 Å². The number of hydrogen-bond donors (Lipinski definition) is 1. The van der Waals surface area contributed by atoms with Gasteiger partial charge in [0.2, 0.25) is 5.91 Å². The van der Waals surface area contributed by atoms with Crippen molar-refractivity contribution in [2.24, 2.45) is 11.1 Å². The lowest BCUT2D eigenvalue weighted by atomic mass is 9.86. The molecule has 1 aromatic carbocycles. The van der Waals surface area contributed by atoms with Crippen LogP contribution >= 0.6 is 0 Å². The number of rotatable bonds is 4. The Bertz CT molecular complexity index is 770. The lowest BCUT2D eigenvalue weighted by Crippen LogP contribution is -2.49. The molecule has 1 amide bonds. The minimum Gasteiger partial charge on any atom is -0.340 e. The van der Waals surface area contributed by atoms with Crippen molar-refractivity contribution in [3.8, 4) is 5.69 Å². The molecule has 5 heteroatoms. The summed E-state index contributed by atoms with van der Waals surface area (Å²) in [6.45, 7) is 12.6. The fourth-order valence-electron chi connectivity index (χ4n) is 2.86. The topological polar surface area (TPSA) is 64.2 Å². The number of benzene rings is 1. The van der Waals surface area contributed by atoms with Crippen LogP contribution in [-0.4, -0.2) is 33.7 Å². The SMILES string of the molecule is Cc1ccccc1-n1nc(C)c(CN(C)C(=O)[C@@H](N)C(C)(C)C)c1C. The van der Waals surface area contributed by atoms with Crippen LogP contribution in [0.1, 0.15) is 43.3 Å². The third-order valence-corrected chi connectivity index (χ3v) is 4.76. The van der Waals surface area contributed by atoms with Gasteiger partial charge in [-0.15, -0.1) is 0 Å². The molecular weight excluding hydrogens is 312 g/mol. The number of likely N-dealkylation sites (N-methyl/N-ethyl adjacent to an activating group) is 1. The van der Waals surface area contributed by atoms with Gasteiger partial charge < -0.3 is 10.6 Å². The van der Waals surface area contributed by atoms with Gasteiger partial charge in [0.15, 0.2) is 0 Å². The van der Waals surface area contributed by atoms with Gasteiger partial charge in [-0.05, 0) is 37.8 Å². The smallest absolute Gasteiger partial charge is 0.240 e. The first-order valence-electron chi connectivity index (χ1n) is 8.65. The molecule has 1 heterocycles. The number of para-hydroxylation sites is 1. The molecule has 0 saturated heterocycles. The van der Waals surface area contributed by atoms with Crippen LogP contribution in [0.3, 0.4) is 0 Å². The van der Waals surface area contributed by atoms with E-state index in [1.165, 1.54) is 5.56 Å². The van der Waals surface area contributed by atoms with Crippen molar-refractivity contribution in [2.75, 3.05) is 7.05 Å². The molecule has 0 bridgehead atoms. The normalized spacial score (nSPS) is 13.0. The van der Waals surface area contributed by atoms with E-state index in [9.17, 15) is 4.79 Å². The van der Waals surface area contributed by atoms with Gasteiger partial charge in [0.05, 0.1) is 17.4 Å². The summed E-state index contributed by atoms with van der Waals surface area (Å²) in [4.78, 5) is 14.3. The predicted octanol–water partition coefficient (Wildman–Crippen LogP) is 3.13.